The number of hydrogen-bond acceptors (Lipinski definition) is 1. The van der Waals surface area contributed by atoms with Gasteiger partial charge in [0.05, 0.1) is 11.1 Å². The predicted octanol–water partition coefficient (Wildman–Crippen LogP) is 5.64. The van der Waals surface area contributed by atoms with E-state index in [0.29, 0.717) is 40.3 Å². The fourth-order valence-electron chi connectivity index (χ4n) is 3.57. The van der Waals surface area contributed by atoms with Gasteiger partial charge in [-0.25, -0.2) is 0 Å². The zero-order chi connectivity index (χ0) is 19.3. The smallest absolute Gasteiger partial charge is 0.294 e. The second-order valence-electron chi connectivity index (χ2n) is 6.31. The van der Waals surface area contributed by atoms with Gasteiger partial charge in [0.25, 0.3) is 11.8 Å². The molecule has 0 bridgehead atoms. The van der Waals surface area contributed by atoms with Crippen LogP contribution in [0.15, 0.2) is 49.1 Å². The molecule has 0 saturated heterocycles. The van der Waals surface area contributed by atoms with E-state index < -0.39 is 11.8 Å². The Labute approximate surface area is 164 Å². The number of amides is 1. The molecule has 4 rings (SSSR count). The van der Waals surface area contributed by atoms with Gasteiger partial charge < -0.3 is 9.88 Å². The lowest BCUT2D eigenvalue weighted by molar-refractivity contribution is 0.0515. The van der Waals surface area contributed by atoms with E-state index in [1.165, 1.54) is 6.07 Å². The number of aromatic nitrogens is 1. The second kappa shape index (κ2) is 6.36. The Morgan fingerprint density at radius 1 is 1.15 bits per heavy atom. The standard InChI is InChI=1S/C20H14Cl2F2N2O/c1-2-20(23,24)16-15-10-13(22)9-14(11-3-5-12(21)6-4-11)17(15)26-8-7-25-19(27)18(16)26/h2-6,9-10H,1,7-8H2,(H,25,27). The zero-order valence-corrected chi connectivity index (χ0v) is 15.5. The van der Waals surface area contributed by atoms with Crippen molar-refractivity contribution in [3.63, 3.8) is 0 Å². The molecular formula is C20H14Cl2F2N2O. The third kappa shape index (κ3) is 2.82. The summed E-state index contributed by atoms with van der Waals surface area (Å²) in [4.78, 5) is 12.5. The van der Waals surface area contributed by atoms with Crippen molar-refractivity contribution in [3.05, 3.63) is 70.4 Å². The van der Waals surface area contributed by atoms with Crippen LogP contribution in [0.1, 0.15) is 16.1 Å². The Bertz CT molecular complexity index is 1090. The number of hydrogen-bond donors (Lipinski definition) is 1. The van der Waals surface area contributed by atoms with Gasteiger partial charge in [-0.2, -0.15) is 8.78 Å². The summed E-state index contributed by atoms with van der Waals surface area (Å²) in [6.07, 6.45) is 0.549. The number of carbonyl (C=O) groups excluding carboxylic acids is 1. The summed E-state index contributed by atoms with van der Waals surface area (Å²) in [5.74, 6) is -3.91. The van der Waals surface area contributed by atoms with E-state index in [0.717, 1.165) is 5.56 Å². The number of fused-ring (bicyclic) bond motifs is 3. The average Bonchev–Trinajstić information content (AvgIpc) is 2.98. The molecule has 0 saturated carbocycles. The largest absolute Gasteiger partial charge is 0.349 e. The Morgan fingerprint density at radius 2 is 1.85 bits per heavy atom. The highest BCUT2D eigenvalue weighted by Gasteiger charge is 2.39. The molecule has 1 aliphatic heterocycles. The first-order chi connectivity index (χ1) is 12.8. The summed E-state index contributed by atoms with van der Waals surface area (Å²) in [6.45, 7) is 3.98. The van der Waals surface area contributed by atoms with Gasteiger partial charge >= 0.3 is 0 Å². The van der Waals surface area contributed by atoms with Crippen molar-refractivity contribution in [2.75, 3.05) is 6.54 Å². The summed E-state index contributed by atoms with van der Waals surface area (Å²) in [7, 11) is 0. The molecule has 3 nitrogen and oxygen atoms in total. The molecule has 0 unspecified atom stereocenters. The maximum Gasteiger partial charge on any atom is 0.294 e. The topological polar surface area (TPSA) is 34.0 Å². The Hall–Kier alpha value is -2.37. The number of allylic oxidation sites excluding steroid dienone is 1. The highest BCUT2D eigenvalue weighted by molar-refractivity contribution is 6.32. The fourth-order valence-corrected chi connectivity index (χ4v) is 3.91. The van der Waals surface area contributed by atoms with Gasteiger partial charge in [-0.15, -0.1) is 0 Å². The van der Waals surface area contributed by atoms with Crippen LogP contribution in [-0.4, -0.2) is 17.0 Å². The minimum Gasteiger partial charge on any atom is -0.349 e. The van der Waals surface area contributed by atoms with Crippen molar-refractivity contribution in [2.45, 2.75) is 12.5 Å². The number of alkyl halides is 2. The number of carbonyl (C=O) groups is 1. The van der Waals surface area contributed by atoms with Crippen molar-refractivity contribution in [1.29, 1.82) is 0 Å². The zero-order valence-electron chi connectivity index (χ0n) is 14.0. The number of rotatable bonds is 3. The van der Waals surface area contributed by atoms with E-state index in [2.05, 4.69) is 11.9 Å². The molecule has 2 heterocycles. The van der Waals surface area contributed by atoms with Crippen LogP contribution in [0, 0.1) is 0 Å². The predicted molar refractivity (Wildman–Crippen MR) is 104 cm³/mol. The quantitative estimate of drug-likeness (QED) is 0.561. The van der Waals surface area contributed by atoms with Gasteiger partial charge in [0, 0.05) is 34.1 Å². The van der Waals surface area contributed by atoms with E-state index >= 15 is 0 Å². The molecule has 3 aromatic rings. The van der Waals surface area contributed by atoms with Gasteiger partial charge in [-0.05, 0) is 35.9 Å². The van der Waals surface area contributed by atoms with Crippen LogP contribution in [0.3, 0.4) is 0 Å². The lowest BCUT2D eigenvalue weighted by Gasteiger charge is -2.20. The van der Waals surface area contributed by atoms with Crippen LogP contribution in [0.5, 0.6) is 0 Å². The normalized spacial score (nSPS) is 14.1. The van der Waals surface area contributed by atoms with Crippen molar-refractivity contribution >= 4 is 40.0 Å². The Kier molecular flexibility index (Phi) is 4.24. The van der Waals surface area contributed by atoms with Crippen LogP contribution < -0.4 is 5.32 Å². The van der Waals surface area contributed by atoms with Gasteiger partial charge in [-0.1, -0.05) is 41.9 Å². The van der Waals surface area contributed by atoms with Crippen LogP contribution in [0.2, 0.25) is 10.0 Å². The van der Waals surface area contributed by atoms with Crippen LogP contribution in [-0.2, 0) is 12.5 Å². The van der Waals surface area contributed by atoms with Gasteiger partial charge in [0.1, 0.15) is 5.69 Å². The molecule has 2 aromatic carbocycles. The molecule has 1 aliphatic rings. The molecule has 0 radical (unpaired) electrons. The van der Waals surface area contributed by atoms with E-state index in [1.54, 1.807) is 34.9 Å². The highest BCUT2D eigenvalue weighted by atomic mass is 35.5. The molecule has 1 N–H and O–H groups in total. The minimum atomic E-state index is -3.38. The monoisotopic (exact) mass is 406 g/mol. The molecule has 138 valence electrons. The molecule has 0 aliphatic carbocycles. The number of benzene rings is 2. The molecule has 0 atom stereocenters. The van der Waals surface area contributed by atoms with Crippen molar-refractivity contribution in [3.8, 4) is 11.1 Å². The first-order valence-electron chi connectivity index (χ1n) is 8.25. The number of nitrogens with one attached hydrogen (secondary N) is 1. The van der Waals surface area contributed by atoms with Crippen molar-refractivity contribution < 1.29 is 13.6 Å². The lowest BCUT2D eigenvalue weighted by Crippen LogP contribution is -2.36. The van der Waals surface area contributed by atoms with Gasteiger partial charge in [-0.3, -0.25) is 4.79 Å². The van der Waals surface area contributed by atoms with Crippen molar-refractivity contribution in [2.24, 2.45) is 0 Å². The summed E-state index contributed by atoms with van der Waals surface area (Å²) < 4.78 is 31.2. The molecule has 0 spiro atoms. The second-order valence-corrected chi connectivity index (χ2v) is 7.19. The highest BCUT2D eigenvalue weighted by Crippen LogP contribution is 2.44. The first-order valence-corrected chi connectivity index (χ1v) is 9.01. The Balaban J connectivity index is 2.17. The molecule has 27 heavy (non-hydrogen) atoms. The molecule has 7 heteroatoms. The fraction of sp³-hybridized carbons (Fsp3) is 0.150. The molecule has 0 fully saturated rings. The third-order valence-electron chi connectivity index (χ3n) is 4.70. The summed E-state index contributed by atoms with van der Waals surface area (Å²) in [5.41, 5.74) is 1.55. The summed E-state index contributed by atoms with van der Waals surface area (Å²) in [6, 6.07) is 10.2. The maximum atomic E-state index is 14.8. The minimum absolute atomic E-state index is 0.0568. The molecular weight excluding hydrogens is 393 g/mol. The number of halogens is 4. The summed E-state index contributed by atoms with van der Waals surface area (Å²) >= 11 is 12.2. The SMILES string of the molecule is C=CC(F)(F)c1c2n(c3c(-c4ccc(Cl)cc4)cc(Cl)cc13)CCNC2=O. The maximum absolute atomic E-state index is 14.8. The van der Waals surface area contributed by atoms with Crippen LogP contribution in [0.4, 0.5) is 8.78 Å². The van der Waals surface area contributed by atoms with E-state index in [-0.39, 0.29) is 16.6 Å². The van der Waals surface area contributed by atoms with E-state index in [4.69, 9.17) is 23.2 Å². The van der Waals surface area contributed by atoms with E-state index in [1.807, 2.05) is 0 Å². The van der Waals surface area contributed by atoms with Crippen molar-refractivity contribution in [1.82, 2.24) is 9.88 Å². The lowest BCUT2D eigenvalue weighted by atomic mass is 9.99. The molecule has 1 amide bonds. The third-order valence-corrected chi connectivity index (χ3v) is 5.17. The number of nitrogens with zero attached hydrogens (tertiary/aromatic N) is 1. The summed E-state index contributed by atoms with van der Waals surface area (Å²) in [5, 5.41) is 3.74. The molecule has 1 aromatic heterocycles. The van der Waals surface area contributed by atoms with E-state index in [9.17, 15) is 13.6 Å². The van der Waals surface area contributed by atoms with Crippen LogP contribution in [0.25, 0.3) is 22.0 Å². The van der Waals surface area contributed by atoms with Gasteiger partial charge in [0.2, 0.25) is 0 Å². The first kappa shape index (κ1) is 18.0. The van der Waals surface area contributed by atoms with Crippen LogP contribution >= 0.6 is 23.2 Å². The average molecular weight is 407 g/mol. The van der Waals surface area contributed by atoms with Gasteiger partial charge in [0.15, 0.2) is 0 Å². The Morgan fingerprint density at radius 3 is 2.52 bits per heavy atom.